The van der Waals surface area contributed by atoms with Crippen LogP contribution < -0.4 is 17.2 Å². The highest BCUT2D eigenvalue weighted by molar-refractivity contribution is 6.07. The standard InChI is InChI=1S/C19H22N2O2.C11H16O3.C8H10N2O.CH4/c1-11-5-6-13(18(20)23)8-15(11)21-12(2)7-14-16(21)9-19(3,4)10-17(14)22;1-7(12)4-8-9(13)5-11(2,3)6-10(8)14;1-5-2-3-6(8(10)11)4-7(5)9;/h5-8H,9-10H2,1-4H3,(H2,20,23);8H,4-6H2,1-3H3;2-4H,9H2,1H3,(H2,10,11);1H4. The molecule has 6 N–H and O–H groups in total. The molecule has 1 saturated carbocycles. The lowest BCUT2D eigenvalue weighted by Crippen LogP contribution is -2.38. The summed E-state index contributed by atoms with van der Waals surface area (Å²) in [4.78, 5) is 68.6. The van der Waals surface area contributed by atoms with Crippen LogP contribution in [0.5, 0.6) is 0 Å². The maximum atomic E-state index is 12.5. The highest BCUT2D eigenvalue weighted by Gasteiger charge is 2.39. The van der Waals surface area contributed by atoms with Crippen molar-refractivity contribution in [3.8, 4) is 5.69 Å². The van der Waals surface area contributed by atoms with Gasteiger partial charge < -0.3 is 21.8 Å². The minimum absolute atomic E-state index is 0. The van der Waals surface area contributed by atoms with Crippen LogP contribution in [-0.2, 0) is 20.8 Å². The molecule has 2 aliphatic carbocycles. The maximum absolute atomic E-state index is 12.5. The first-order valence-corrected chi connectivity index (χ1v) is 16.0. The van der Waals surface area contributed by atoms with Crippen LogP contribution >= 0.6 is 0 Å². The summed E-state index contributed by atoms with van der Waals surface area (Å²) in [5.41, 5.74) is 23.0. The number of hydrogen-bond acceptors (Lipinski definition) is 7. The molecule has 2 aliphatic rings. The van der Waals surface area contributed by atoms with Gasteiger partial charge in [0.1, 0.15) is 17.3 Å². The van der Waals surface area contributed by atoms with Gasteiger partial charge in [-0.3, -0.25) is 28.8 Å². The quantitative estimate of drug-likeness (QED) is 0.213. The van der Waals surface area contributed by atoms with Crippen LogP contribution in [0.2, 0.25) is 0 Å². The lowest BCUT2D eigenvalue weighted by Gasteiger charge is -2.31. The Balaban J connectivity index is 0.000000275. The number of nitrogen functional groups attached to an aromatic ring is 1. The molecular weight excluding hydrogens is 620 g/mol. The normalized spacial score (nSPS) is 16.2. The van der Waals surface area contributed by atoms with Crippen molar-refractivity contribution in [2.75, 3.05) is 5.73 Å². The molecule has 10 nitrogen and oxygen atoms in total. The summed E-state index contributed by atoms with van der Waals surface area (Å²) in [5, 5.41) is 0. The van der Waals surface area contributed by atoms with E-state index in [1.54, 1.807) is 24.3 Å². The average Bonchev–Trinajstić information content (AvgIpc) is 3.27. The Hall–Kier alpha value is -4.86. The summed E-state index contributed by atoms with van der Waals surface area (Å²) >= 11 is 0. The Morgan fingerprint density at radius 1 is 0.755 bits per heavy atom. The van der Waals surface area contributed by atoms with Crippen molar-refractivity contribution >= 4 is 40.6 Å². The van der Waals surface area contributed by atoms with E-state index in [0.29, 0.717) is 36.1 Å². The number of ketones is 4. The number of anilines is 1. The smallest absolute Gasteiger partial charge is 0.248 e. The molecule has 2 aromatic carbocycles. The van der Waals surface area contributed by atoms with Gasteiger partial charge in [0, 0.05) is 65.1 Å². The number of rotatable bonds is 5. The van der Waals surface area contributed by atoms with Crippen LogP contribution in [0.25, 0.3) is 5.69 Å². The molecule has 0 bridgehead atoms. The molecule has 264 valence electrons. The van der Waals surface area contributed by atoms with Crippen molar-refractivity contribution in [1.29, 1.82) is 0 Å². The van der Waals surface area contributed by atoms with Gasteiger partial charge in [-0.2, -0.15) is 0 Å². The molecule has 0 aliphatic heterocycles. The molecule has 0 spiro atoms. The van der Waals surface area contributed by atoms with Crippen molar-refractivity contribution in [3.05, 3.63) is 81.7 Å². The first-order valence-electron chi connectivity index (χ1n) is 16.0. The molecule has 5 rings (SSSR count). The van der Waals surface area contributed by atoms with Crippen molar-refractivity contribution in [3.63, 3.8) is 0 Å². The SMILES string of the molecule is C.CC(=O)CC1C(=O)CC(C)(C)CC1=O.Cc1ccc(C(N)=O)cc1-n1c(C)cc2c1CC(C)(C)CC2=O.Cc1ccc(C(N)=O)cc1N. The van der Waals surface area contributed by atoms with E-state index in [-0.39, 0.29) is 47.8 Å². The number of amides is 2. The van der Waals surface area contributed by atoms with Crippen LogP contribution in [0, 0.1) is 37.5 Å². The number of primary amides is 2. The van der Waals surface area contributed by atoms with E-state index in [4.69, 9.17) is 17.2 Å². The van der Waals surface area contributed by atoms with Gasteiger partial charge in [-0.1, -0.05) is 47.3 Å². The number of carbonyl (C=O) groups is 6. The van der Waals surface area contributed by atoms with E-state index in [2.05, 4.69) is 18.4 Å². The van der Waals surface area contributed by atoms with E-state index in [9.17, 15) is 28.8 Å². The molecule has 1 heterocycles. The molecule has 1 fully saturated rings. The molecule has 3 aromatic rings. The van der Waals surface area contributed by atoms with Crippen LogP contribution in [0.1, 0.15) is 121 Å². The highest BCUT2D eigenvalue weighted by atomic mass is 16.2. The Kier molecular flexibility index (Phi) is 12.8. The van der Waals surface area contributed by atoms with Gasteiger partial charge >= 0.3 is 0 Å². The third-order valence-electron chi connectivity index (χ3n) is 8.75. The van der Waals surface area contributed by atoms with Gasteiger partial charge in [0.25, 0.3) is 0 Å². The molecular formula is C39H52N4O6. The first-order chi connectivity index (χ1) is 22.1. The van der Waals surface area contributed by atoms with E-state index in [1.807, 2.05) is 52.8 Å². The fourth-order valence-corrected chi connectivity index (χ4v) is 6.23. The Labute approximate surface area is 289 Å². The topological polar surface area (TPSA) is 185 Å². The molecule has 0 radical (unpaired) electrons. The Morgan fingerprint density at radius 3 is 1.73 bits per heavy atom. The highest BCUT2D eigenvalue weighted by Crippen LogP contribution is 2.38. The second-order valence-corrected chi connectivity index (χ2v) is 14.6. The molecule has 49 heavy (non-hydrogen) atoms. The van der Waals surface area contributed by atoms with Gasteiger partial charge in [0.15, 0.2) is 5.78 Å². The number of nitrogens with two attached hydrogens (primary N) is 3. The number of benzene rings is 2. The van der Waals surface area contributed by atoms with Gasteiger partial charge in [0.05, 0.1) is 5.92 Å². The summed E-state index contributed by atoms with van der Waals surface area (Å²) in [6.07, 6.45) is 2.33. The van der Waals surface area contributed by atoms with E-state index in [1.165, 1.54) is 6.92 Å². The van der Waals surface area contributed by atoms with Crippen molar-refractivity contribution in [2.45, 2.75) is 94.9 Å². The fourth-order valence-electron chi connectivity index (χ4n) is 6.23. The van der Waals surface area contributed by atoms with E-state index < -0.39 is 17.7 Å². The minimum atomic E-state index is -0.652. The second kappa shape index (κ2) is 15.6. The van der Waals surface area contributed by atoms with Crippen molar-refractivity contribution < 1.29 is 28.8 Å². The van der Waals surface area contributed by atoms with E-state index >= 15 is 0 Å². The zero-order valence-corrected chi connectivity index (χ0v) is 29.3. The molecule has 1 aromatic heterocycles. The number of fused-ring (bicyclic) bond motifs is 1. The molecule has 2 amide bonds. The number of nitrogens with zero attached hydrogens (tertiary/aromatic N) is 1. The fraction of sp³-hybridized carbons (Fsp3) is 0.436. The molecule has 0 atom stereocenters. The molecule has 10 heteroatoms. The first kappa shape index (κ1) is 40.3. The summed E-state index contributed by atoms with van der Waals surface area (Å²) in [6.45, 7) is 15.3. The van der Waals surface area contributed by atoms with Gasteiger partial charge in [-0.15, -0.1) is 0 Å². The van der Waals surface area contributed by atoms with Crippen LogP contribution in [-0.4, -0.2) is 39.5 Å². The van der Waals surface area contributed by atoms with Crippen molar-refractivity contribution in [1.82, 2.24) is 4.57 Å². The number of carbonyl (C=O) groups excluding carboxylic acids is 6. The Bertz CT molecular complexity index is 1780. The summed E-state index contributed by atoms with van der Waals surface area (Å²) in [5.74, 6) is -1.57. The number of aryl methyl sites for hydroxylation is 3. The monoisotopic (exact) mass is 672 g/mol. The van der Waals surface area contributed by atoms with Gasteiger partial charge in [-0.25, -0.2) is 0 Å². The number of aromatic nitrogens is 1. The predicted molar refractivity (Wildman–Crippen MR) is 193 cm³/mol. The van der Waals surface area contributed by atoms with Crippen molar-refractivity contribution in [2.24, 2.45) is 28.2 Å². The number of Topliss-reactive ketones (excluding diaryl/α,β-unsaturated/α-hetero) is 4. The van der Waals surface area contributed by atoms with Crippen LogP contribution in [0.4, 0.5) is 5.69 Å². The summed E-state index contributed by atoms with van der Waals surface area (Å²) in [7, 11) is 0. The lowest BCUT2D eigenvalue weighted by atomic mass is 9.70. The summed E-state index contributed by atoms with van der Waals surface area (Å²) in [6, 6.07) is 12.4. The third kappa shape index (κ3) is 10.1. The van der Waals surface area contributed by atoms with Gasteiger partial charge in [-0.05, 0) is 86.4 Å². The summed E-state index contributed by atoms with van der Waals surface area (Å²) < 4.78 is 2.11. The zero-order valence-electron chi connectivity index (χ0n) is 29.3. The third-order valence-corrected chi connectivity index (χ3v) is 8.75. The maximum Gasteiger partial charge on any atom is 0.248 e. The minimum Gasteiger partial charge on any atom is -0.398 e. The van der Waals surface area contributed by atoms with Crippen LogP contribution in [0.15, 0.2) is 42.5 Å². The van der Waals surface area contributed by atoms with E-state index in [0.717, 1.165) is 40.2 Å². The second-order valence-electron chi connectivity index (χ2n) is 14.6. The zero-order chi connectivity index (χ0) is 36.3. The lowest BCUT2D eigenvalue weighted by molar-refractivity contribution is -0.142. The number of hydrogen-bond donors (Lipinski definition) is 3. The molecule has 0 unspecified atom stereocenters. The average molecular weight is 673 g/mol. The Morgan fingerprint density at radius 2 is 1.24 bits per heavy atom. The van der Waals surface area contributed by atoms with Gasteiger partial charge in [0.2, 0.25) is 11.8 Å². The predicted octanol–water partition coefficient (Wildman–Crippen LogP) is 6.20. The molecule has 0 saturated heterocycles. The largest absolute Gasteiger partial charge is 0.398 e. The van der Waals surface area contributed by atoms with Crippen LogP contribution in [0.3, 0.4) is 0 Å².